The highest BCUT2D eigenvalue weighted by atomic mass is 35.5. The fourth-order valence-electron chi connectivity index (χ4n) is 4.76. The molecule has 3 aliphatic rings. The maximum absolute atomic E-state index is 13.9. The van der Waals surface area contributed by atoms with Crippen LogP contribution in [0.3, 0.4) is 0 Å². The highest BCUT2D eigenvalue weighted by Crippen LogP contribution is 2.56. The number of amides is 1. The van der Waals surface area contributed by atoms with Gasteiger partial charge in [-0.05, 0) is 24.3 Å². The molecule has 0 saturated carbocycles. The van der Waals surface area contributed by atoms with E-state index in [-0.39, 0.29) is 40.8 Å². The Morgan fingerprint density at radius 2 is 2.03 bits per heavy atom. The topological polar surface area (TPSA) is 99.7 Å². The Morgan fingerprint density at radius 3 is 2.73 bits per heavy atom. The molecule has 0 aliphatic carbocycles. The third kappa shape index (κ3) is 2.50. The van der Waals surface area contributed by atoms with Crippen molar-refractivity contribution >= 4 is 34.9 Å². The maximum atomic E-state index is 13.9. The molecule has 9 heteroatoms. The number of para-hydroxylation sites is 1. The van der Waals surface area contributed by atoms with Crippen molar-refractivity contribution in [3.8, 4) is 18.4 Å². The van der Waals surface area contributed by atoms with Crippen LogP contribution in [-0.2, 0) is 19.7 Å². The van der Waals surface area contributed by atoms with E-state index in [0.29, 0.717) is 16.9 Å². The van der Waals surface area contributed by atoms with Crippen LogP contribution in [0, 0.1) is 29.5 Å². The molecule has 0 bridgehead atoms. The minimum absolute atomic E-state index is 0.0225. The van der Waals surface area contributed by atoms with E-state index in [0.717, 1.165) is 6.07 Å². The zero-order chi connectivity index (χ0) is 23.5. The van der Waals surface area contributed by atoms with Crippen LogP contribution in [-0.4, -0.2) is 25.0 Å². The number of esters is 1. The molecule has 1 amide bonds. The number of anilines is 2. The first-order chi connectivity index (χ1) is 15.9. The van der Waals surface area contributed by atoms with E-state index in [2.05, 4.69) is 5.92 Å². The molecule has 0 saturated heterocycles. The highest BCUT2D eigenvalue weighted by molar-refractivity contribution is 6.31. The van der Waals surface area contributed by atoms with Gasteiger partial charge in [-0.2, -0.15) is 5.26 Å². The van der Waals surface area contributed by atoms with Gasteiger partial charge in [-0.1, -0.05) is 35.7 Å². The Bertz CT molecular complexity index is 1420. The average Bonchev–Trinajstić information content (AvgIpc) is 3.29. The second kappa shape index (κ2) is 7.13. The van der Waals surface area contributed by atoms with E-state index in [1.165, 1.54) is 21.9 Å². The molecule has 0 aromatic heterocycles. The summed E-state index contributed by atoms with van der Waals surface area (Å²) in [6.07, 6.45) is 5.50. The number of terminal acetylenes is 1. The first kappa shape index (κ1) is 20.6. The quantitative estimate of drug-likeness (QED) is 0.546. The van der Waals surface area contributed by atoms with E-state index in [9.17, 15) is 19.2 Å². The van der Waals surface area contributed by atoms with Gasteiger partial charge < -0.3 is 10.5 Å². The van der Waals surface area contributed by atoms with Crippen LogP contribution in [0.15, 0.2) is 65.1 Å². The number of carbonyl (C=O) groups is 2. The summed E-state index contributed by atoms with van der Waals surface area (Å²) in [5.41, 5.74) is 5.96. The van der Waals surface area contributed by atoms with Gasteiger partial charge in [0.15, 0.2) is 0 Å². The van der Waals surface area contributed by atoms with Gasteiger partial charge in [-0.3, -0.25) is 14.6 Å². The molecule has 3 heterocycles. The van der Waals surface area contributed by atoms with Gasteiger partial charge in [-0.25, -0.2) is 9.18 Å². The summed E-state index contributed by atoms with van der Waals surface area (Å²) < 4.78 is 19.1. The largest absolute Gasteiger partial charge is 0.456 e. The summed E-state index contributed by atoms with van der Waals surface area (Å²) >= 11 is 5.97. The van der Waals surface area contributed by atoms with Crippen molar-refractivity contribution in [3.63, 3.8) is 0 Å². The normalized spacial score (nSPS) is 21.2. The molecule has 2 aromatic carbocycles. The van der Waals surface area contributed by atoms with Crippen molar-refractivity contribution in [2.75, 3.05) is 23.0 Å². The standard InChI is InChI=1S/C24H14ClFN4O3/c1-2-9-29-18-6-4-3-5-14(18)24(23(29)32)15(11-27)21(28)30(19-12-33-22(31)20(19)24)13-7-8-17(26)16(25)10-13/h1,3-8,10H,9,12,28H2. The molecule has 7 nitrogen and oxygen atoms in total. The lowest BCUT2D eigenvalue weighted by Gasteiger charge is -2.38. The molecule has 2 aromatic rings. The molecule has 5 rings (SSSR count). The zero-order valence-electron chi connectivity index (χ0n) is 16.9. The Labute approximate surface area is 193 Å². The van der Waals surface area contributed by atoms with Crippen LogP contribution in [0.1, 0.15) is 5.56 Å². The smallest absolute Gasteiger partial charge is 0.338 e. The summed E-state index contributed by atoms with van der Waals surface area (Å²) in [4.78, 5) is 29.8. The van der Waals surface area contributed by atoms with Crippen molar-refractivity contribution in [3.05, 3.63) is 81.5 Å². The van der Waals surface area contributed by atoms with Crippen molar-refractivity contribution in [1.82, 2.24) is 0 Å². The number of hydrogen-bond donors (Lipinski definition) is 1. The zero-order valence-corrected chi connectivity index (χ0v) is 17.7. The first-order valence-electron chi connectivity index (χ1n) is 9.79. The van der Waals surface area contributed by atoms with E-state index < -0.39 is 23.1 Å². The third-order valence-corrected chi connectivity index (χ3v) is 6.33. The van der Waals surface area contributed by atoms with E-state index >= 15 is 0 Å². The minimum atomic E-state index is -1.81. The number of fused-ring (bicyclic) bond motifs is 3. The van der Waals surface area contributed by atoms with Crippen LogP contribution >= 0.6 is 11.6 Å². The number of hydrogen-bond acceptors (Lipinski definition) is 6. The fraction of sp³-hybridized carbons (Fsp3) is 0.125. The number of cyclic esters (lactones) is 1. The van der Waals surface area contributed by atoms with E-state index in [1.807, 2.05) is 6.07 Å². The minimum Gasteiger partial charge on any atom is -0.456 e. The molecule has 33 heavy (non-hydrogen) atoms. The highest BCUT2D eigenvalue weighted by Gasteiger charge is 2.63. The number of nitriles is 1. The van der Waals surface area contributed by atoms with Gasteiger partial charge in [0.1, 0.15) is 29.7 Å². The third-order valence-electron chi connectivity index (χ3n) is 6.04. The SMILES string of the molecule is C#CCN1C(=O)C2(C(C#N)=C(N)N(c3ccc(F)c(Cl)c3)C3=C2C(=O)OC3)c2ccccc21. The summed E-state index contributed by atoms with van der Waals surface area (Å²) in [6.45, 7) is -0.264. The lowest BCUT2D eigenvalue weighted by atomic mass is 9.67. The molecule has 3 aliphatic heterocycles. The van der Waals surface area contributed by atoms with Crippen molar-refractivity contribution in [1.29, 1.82) is 5.26 Å². The number of nitrogens with two attached hydrogens (primary N) is 1. The lowest BCUT2D eigenvalue weighted by Crippen LogP contribution is -2.50. The first-order valence-corrected chi connectivity index (χ1v) is 10.2. The molecule has 0 radical (unpaired) electrons. The summed E-state index contributed by atoms with van der Waals surface area (Å²) in [5, 5.41) is 10.1. The molecule has 0 fully saturated rings. The van der Waals surface area contributed by atoms with Gasteiger partial charge in [0.2, 0.25) is 5.91 Å². The number of halogens is 2. The summed E-state index contributed by atoms with van der Waals surface area (Å²) in [5.74, 6) is 0.387. The van der Waals surface area contributed by atoms with Crippen molar-refractivity contribution in [2.45, 2.75) is 5.41 Å². The molecule has 1 spiro atoms. The van der Waals surface area contributed by atoms with Crippen molar-refractivity contribution in [2.24, 2.45) is 5.73 Å². The van der Waals surface area contributed by atoms with Gasteiger partial charge in [0.25, 0.3) is 0 Å². The van der Waals surface area contributed by atoms with Crippen LogP contribution in [0.5, 0.6) is 0 Å². The van der Waals surface area contributed by atoms with Crippen LogP contribution in [0.4, 0.5) is 15.8 Å². The average molecular weight is 461 g/mol. The molecule has 162 valence electrons. The second-order valence-corrected chi connectivity index (χ2v) is 7.97. The fourth-order valence-corrected chi connectivity index (χ4v) is 4.94. The van der Waals surface area contributed by atoms with Crippen LogP contribution < -0.4 is 15.5 Å². The molecule has 1 unspecified atom stereocenters. The predicted molar refractivity (Wildman–Crippen MR) is 118 cm³/mol. The van der Waals surface area contributed by atoms with E-state index in [4.69, 9.17) is 28.5 Å². The Kier molecular flexibility index (Phi) is 4.45. The predicted octanol–water partition coefficient (Wildman–Crippen LogP) is 2.72. The number of rotatable bonds is 2. The molecule has 1 atom stereocenters. The molecular formula is C24H14ClFN4O3. The summed E-state index contributed by atoms with van der Waals surface area (Å²) in [6, 6.07) is 12.7. The number of benzene rings is 2. The Hall–Kier alpha value is -4.27. The summed E-state index contributed by atoms with van der Waals surface area (Å²) in [7, 11) is 0. The Morgan fingerprint density at radius 1 is 1.27 bits per heavy atom. The Balaban J connectivity index is 1.86. The van der Waals surface area contributed by atoms with Crippen LogP contribution in [0.2, 0.25) is 5.02 Å². The molecular weight excluding hydrogens is 447 g/mol. The number of nitrogens with zero attached hydrogens (tertiary/aromatic N) is 3. The van der Waals surface area contributed by atoms with Gasteiger partial charge in [0.05, 0.1) is 28.4 Å². The lowest BCUT2D eigenvalue weighted by molar-refractivity contribution is -0.137. The number of carbonyl (C=O) groups excluding carboxylic acids is 2. The van der Waals surface area contributed by atoms with E-state index in [1.54, 1.807) is 24.3 Å². The van der Waals surface area contributed by atoms with Crippen LogP contribution in [0.25, 0.3) is 0 Å². The van der Waals surface area contributed by atoms with Gasteiger partial charge >= 0.3 is 5.97 Å². The molecule has 2 N–H and O–H groups in total. The monoisotopic (exact) mass is 460 g/mol. The van der Waals surface area contributed by atoms with Crippen molar-refractivity contribution < 1.29 is 18.7 Å². The van der Waals surface area contributed by atoms with Gasteiger partial charge in [-0.15, -0.1) is 6.42 Å². The maximum Gasteiger partial charge on any atom is 0.338 e. The second-order valence-electron chi connectivity index (χ2n) is 7.57. The number of ether oxygens (including phenoxy) is 1. The van der Waals surface area contributed by atoms with Gasteiger partial charge in [0, 0.05) is 16.9 Å².